The Bertz CT molecular complexity index is 656. The molecular weight excluding hydrogens is 304 g/mol. The standard InChI is InChI=1S/C18H24N4O2/c1-24-14-16-9-11-21(12-16)18(23)17-13-22(20-19-17)10-5-8-15-6-3-2-4-7-15/h2-4,6-7,13,16H,5,8-12,14H2,1H3. The lowest BCUT2D eigenvalue weighted by Crippen LogP contribution is -2.29. The van der Waals surface area contributed by atoms with E-state index in [1.165, 1.54) is 5.56 Å². The van der Waals surface area contributed by atoms with Crippen molar-refractivity contribution in [2.45, 2.75) is 25.8 Å². The first kappa shape index (κ1) is 16.6. The molecule has 1 atom stereocenters. The van der Waals surface area contributed by atoms with E-state index in [9.17, 15) is 4.79 Å². The Morgan fingerprint density at radius 1 is 1.33 bits per heavy atom. The van der Waals surface area contributed by atoms with Gasteiger partial charge in [0.25, 0.3) is 5.91 Å². The zero-order chi connectivity index (χ0) is 16.8. The summed E-state index contributed by atoms with van der Waals surface area (Å²) in [5, 5.41) is 8.14. The molecule has 1 saturated heterocycles. The number of amides is 1. The second-order valence-electron chi connectivity index (χ2n) is 6.32. The lowest BCUT2D eigenvalue weighted by Gasteiger charge is -2.14. The highest BCUT2D eigenvalue weighted by Crippen LogP contribution is 2.18. The zero-order valence-corrected chi connectivity index (χ0v) is 14.1. The Morgan fingerprint density at radius 3 is 2.96 bits per heavy atom. The van der Waals surface area contributed by atoms with Crippen LogP contribution >= 0.6 is 0 Å². The van der Waals surface area contributed by atoms with Gasteiger partial charge in [0.2, 0.25) is 0 Å². The van der Waals surface area contributed by atoms with Crippen molar-refractivity contribution in [3.63, 3.8) is 0 Å². The number of benzene rings is 1. The topological polar surface area (TPSA) is 60.2 Å². The van der Waals surface area contributed by atoms with Gasteiger partial charge >= 0.3 is 0 Å². The molecule has 1 amide bonds. The Morgan fingerprint density at radius 2 is 2.17 bits per heavy atom. The molecule has 1 aromatic carbocycles. The Hall–Kier alpha value is -2.21. The summed E-state index contributed by atoms with van der Waals surface area (Å²) in [6.45, 7) is 2.98. The predicted octanol–water partition coefficient (Wildman–Crippen LogP) is 2.02. The fourth-order valence-corrected chi connectivity index (χ4v) is 3.15. The molecule has 1 fully saturated rings. The summed E-state index contributed by atoms with van der Waals surface area (Å²) in [6.07, 6.45) is 4.72. The highest BCUT2D eigenvalue weighted by atomic mass is 16.5. The van der Waals surface area contributed by atoms with Gasteiger partial charge in [-0.3, -0.25) is 9.48 Å². The molecule has 1 aliphatic rings. The van der Waals surface area contributed by atoms with E-state index in [0.29, 0.717) is 18.2 Å². The van der Waals surface area contributed by atoms with Crippen molar-refractivity contribution in [2.24, 2.45) is 5.92 Å². The molecule has 0 radical (unpaired) electrons. The molecule has 128 valence electrons. The van der Waals surface area contributed by atoms with E-state index < -0.39 is 0 Å². The van der Waals surface area contributed by atoms with Gasteiger partial charge in [-0.05, 0) is 24.8 Å². The van der Waals surface area contributed by atoms with Crippen molar-refractivity contribution in [3.8, 4) is 0 Å². The monoisotopic (exact) mass is 328 g/mol. The van der Waals surface area contributed by atoms with E-state index in [-0.39, 0.29) is 5.91 Å². The third-order valence-electron chi connectivity index (χ3n) is 4.43. The van der Waals surface area contributed by atoms with Gasteiger partial charge in [0.15, 0.2) is 5.69 Å². The molecule has 0 spiro atoms. The number of aromatic nitrogens is 3. The van der Waals surface area contributed by atoms with Gasteiger partial charge in [-0.1, -0.05) is 35.5 Å². The number of ether oxygens (including phenoxy) is 1. The first-order chi connectivity index (χ1) is 11.8. The Kier molecular flexibility index (Phi) is 5.59. The van der Waals surface area contributed by atoms with E-state index in [1.807, 2.05) is 11.0 Å². The van der Waals surface area contributed by atoms with Crippen LogP contribution in [0.25, 0.3) is 0 Å². The van der Waals surface area contributed by atoms with Gasteiger partial charge in [0.1, 0.15) is 0 Å². The minimum Gasteiger partial charge on any atom is -0.384 e. The number of nitrogens with zero attached hydrogens (tertiary/aromatic N) is 4. The van der Waals surface area contributed by atoms with Crippen LogP contribution in [-0.4, -0.2) is 52.6 Å². The molecule has 6 nitrogen and oxygen atoms in total. The molecule has 6 heteroatoms. The maximum Gasteiger partial charge on any atom is 0.276 e. The summed E-state index contributed by atoms with van der Waals surface area (Å²) < 4.78 is 6.94. The van der Waals surface area contributed by atoms with Gasteiger partial charge in [-0.15, -0.1) is 5.10 Å². The van der Waals surface area contributed by atoms with E-state index in [4.69, 9.17) is 4.74 Å². The fraction of sp³-hybridized carbons (Fsp3) is 0.500. The largest absolute Gasteiger partial charge is 0.384 e. The van der Waals surface area contributed by atoms with Crippen LogP contribution in [0.15, 0.2) is 36.5 Å². The lowest BCUT2D eigenvalue weighted by molar-refractivity contribution is 0.0769. The third-order valence-corrected chi connectivity index (χ3v) is 4.43. The molecule has 0 aliphatic carbocycles. The minimum absolute atomic E-state index is 0.0251. The van der Waals surface area contributed by atoms with E-state index in [1.54, 1.807) is 18.0 Å². The van der Waals surface area contributed by atoms with Crippen LogP contribution in [0.1, 0.15) is 28.9 Å². The molecule has 1 unspecified atom stereocenters. The number of rotatable bonds is 7. The van der Waals surface area contributed by atoms with Crippen LogP contribution in [0.3, 0.4) is 0 Å². The molecule has 0 N–H and O–H groups in total. The van der Waals surface area contributed by atoms with Crippen LogP contribution in [-0.2, 0) is 17.7 Å². The second kappa shape index (κ2) is 8.06. The van der Waals surface area contributed by atoms with E-state index >= 15 is 0 Å². The number of aryl methyl sites for hydroxylation is 2. The number of hydrogen-bond acceptors (Lipinski definition) is 4. The lowest BCUT2D eigenvalue weighted by atomic mass is 10.1. The van der Waals surface area contributed by atoms with Crippen molar-refractivity contribution < 1.29 is 9.53 Å². The first-order valence-corrected chi connectivity index (χ1v) is 8.48. The summed E-state index contributed by atoms with van der Waals surface area (Å²) in [5.74, 6) is 0.405. The molecule has 0 saturated carbocycles. The number of likely N-dealkylation sites (tertiary alicyclic amines) is 1. The molecular formula is C18H24N4O2. The van der Waals surface area contributed by atoms with Crippen molar-refractivity contribution in [1.29, 1.82) is 0 Å². The highest BCUT2D eigenvalue weighted by molar-refractivity contribution is 5.92. The van der Waals surface area contributed by atoms with Crippen molar-refractivity contribution in [2.75, 3.05) is 26.8 Å². The molecule has 0 bridgehead atoms. The quantitative estimate of drug-likeness (QED) is 0.780. The summed E-state index contributed by atoms with van der Waals surface area (Å²) >= 11 is 0. The van der Waals surface area contributed by atoms with Crippen LogP contribution in [0.4, 0.5) is 0 Å². The number of carbonyl (C=O) groups is 1. The van der Waals surface area contributed by atoms with Crippen LogP contribution < -0.4 is 0 Å². The predicted molar refractivity (Wildman–Crippen MR) is 90.7 cm³/mol. The molecule has 1 aromatic heterocycles. The second-order valence-corrected chi connectivity index (χ2v) is 6.32. The Balaban J connectivity index is 1.49. The van der Waals surface area contributed by atoms with Crippen molar-refractivity contribution in [3.05, 3.63) is 47.8 Å². The van der Waals surface area contributed by atoms with Gasteiger partial charge in [-0.2, -0.15) is 0 Å². The van der Waals surface area contributed by atoms with Crippen LogP contribution in [0.2, 0.25) is 0 Å². The normalized spacial score (nSPS) is 17.4. The van der Waals surface area contributed by atoms with Gasteiger partial charge in [0.05, 0.1) is 12.8 Å². The zero-order valence-electron chi connectivity index (χ0n) is 14.1. The molecule has 2 heterocycles. The summed E-state index contributed by atoms with van der Waals surface area (Å²) in [4.78, 5) is 14.3. The van der Waals surface area contributed by atoms with Crippen LogP contribution in [0, 0.1) is 5.92 Å². The molecule has 2 aromatic rings. The highest BCUT2D eigenvalue weighted by Gasteiger charge is 2.28. The number of carbonyl (C=O) groups excluding carboxylic acids is 1. The van der Waals surface area contributed by atoms with E-state index in [2.05, 4.69) is 34.6 Å². The van der Waals surface area contributed by atoms with Gasteiger partial charge in [0, 0.05) is 32.7 Å². The van der Waals surface area contributed by atoms with Crippen molar-refractivity contribution >= 4 is 5.91 Å². The maximum absolute atomic E-state index is 12.5. The Labute approximate surface area is 142 Å². The van der Waals surface area contributed by atoms with Gasteiger partial charge in [-0.25, -0.2) is 0 Å². The SMILES string of the molecule is COCC1CCN(C(=O)c2cn(CCCc3ccccc3)nn2)C1. The van der Waals surface area contributed by atoms with Crippen LogP contribution in [0.5, 0.6) is 0 Å². The van der Waals surface area contributed by atoms with Gasteiger partial charge < -0.3 is 9.64 Å². The van der Waals surface area contributed by atoms with E-state index in [0.717, 1.165) is 38.9 Å². The average molecular weight is 328 g/mol. The number of hydrogen-bond donors (Lipinski definition) is 0. The smallest absolute Gasteiger partial charge is 0.276 e. The third kappa shape index (κ3) is 4.20. The minimum atomic E-state index is -0.0251. The fourth-order valence-electron chi connectivity index (χ4n) is 3.15. The molecule has 1 aliphatic heterocycles. The average Bonchev–Trinajstić information content (AvgIpc) is 3.25. The summed E-state index contributed by atoms with van der Waals surface area (Å²) in [7, 11) is 1.70. The van der Waals surface area contributed by atoms with Crippen molar-refractivity contribution in [1.82, 2.24) is 19.9 Å². The first-order valence-electron chi connectivity index (χ1n) is 8.48. The molecule has 3 rings (SSSR count). The summed E-state index contributed by atoms with van der Waals surface area (Å²) in [6, 6.07) is 10.4. The summed E-state index contributed by atoms with van der Waals surface area (Å²) in [5.41, 5.74) is 1.75. The molecule has 24 heavy (non-hydrogen) atoms. The maximum atomic E-state index is 12.5. The number of methoxy groups -OCH3 is 1.